The van der Waals surface area contributed by atoms with Gasteiger partial charge in [-0.2, -0.15) is 0 Å². The molecule has 4 rings (SSSR count). The summed E-state index contributed by atoms with van der Waals surface area (Å²) in [6, 6.07) is 6.49. The van der Waals surface area contributed by atoms with Crippen LogP contribution in [0, 0.1) is 0 Å². The van der Waals surface area contributed by atoms with Crippen molar-refractivity contribution in [1.82, 2.24) is 9.55 Å². The number of amides is 1. The van der Waals surface area contributed by atoms with E-state index in [0.29, 0.717) is 23.0 Å². The molecule has 0 unspecified atom stereocenters. The lowest BCUT2D eigenvalue weighted by molar-refractivity contribution is -0.113. The summed E-state index contributed by atoms with van der Waals surface area (Å²) < 4.78 is 6.33. The fraction of sp³-hybridized carbons (Fsp3) is 0.364. The lowest BCUT2D eigenvalue weighted by Gasteiger charge is -2.12. The first-order valence-corrected chi connectivity index (χ1v) is 12.0. The van der Waals surface area contributed by atoms with Gasteiger partial charge < -0.3 is 10.1 Å². The predicted molar refractivity (Wildman–Crippen MR) is 123 cm³/mol. The van der Waals surface area contributed by atoms with Gasteiger partial charge in [0.05, 0.1) is 23.8 Å². The van der Waals surface area contributed by atoms with Gasteiger partial charge in [0.2, 0.25) is 5.91 Å². The number of fused-ring (bicyclic) bond motifs is 3. The van der Waals surface area contributed by atoms with Gasteiger partial charge in [-0.05, 0) is 62.4 Å². The number of rotatable bonds is 6. The number of carbonyl (C=O) groups excluding carboxylic acids is 2. The summed E-state index contributed by atoms with van der Waals surface area (Å²) in [6.45, 7) is 2.42. The Bertz CT molecular complexity index is 1200. The summed E-state index contributed by atoms with van der Waals surface area (Å²) in [5, 5.41) is 4.13. The number of ether oxygens (including phenoxy) is 1. The molecule has 2 heterocycles. The zero-order chi connectivity index (χ0) is 22.0. The minimum atomic E-state index is -0.428. The summed E-state index contributed by atoms with van der Waals surface area (Å²) in [6.07, 6.45) is 4.23. The summed E-state index contributed by atoms with van der Waals surface area (Å²) in [7, 11) is 1.32. The van der Waals surface area contributed by atoms with Crippen LogP contribution in [0.4, 0.5) is 5.69 Å². The number of thiophene rings is 1. The largest absolute Gasteiger partial charge is 0.465 e. The SMILES string of the molecule is CCn1c(SCC(=O)Nc2ccc(C(=O)OC)cc2)nc2sc3c(c2c1=O)CCCC3. The van der Waals surface area contributed by atoms with Crippen molar-refractivity contribution in [1.29, 1.82) is 0 Å². The molecular weight excluding hydrogens is 434 g/mol. The Kier molecular flexibility index (Phi) is 6.43. The number of carbonyl (C=O) groups is 2. The van der Waals surface area contributed by atoms with Crippen molar-refractivity contribution < 1.29 is 14.3 Å². The lowest BCUT2D eigenvalue weighted by atomic mass is 9.97. The van der Waals surface area contributed by atoms with Gasteiger partial charge in [-0.25, -0.2) is 9.78 Å². The van der Waals surface area contributed by atoms with E-state index in [1.165, 1.54) is 29.3 Å². The first kappa shape index (κ1) is 21.6. The molecule has 0 spiro atoms. The number of esters is 1. The van der Waals surface area contributed by atoms with E-state index in [-0.39, 0.29) is 17.2 Å². The molecule has 1 aliphatic rings. The second kappa shape index (κ2) is 9.23. The number of aryl methyl sites for hydroxylation is 2. The third kappa shape index (κ3) is 4.38. The topological polar surface area (TPSA) is 90.3 Å². The van der Waals surface area contributed by atoms with E-state index in [9.17, 15) is 14.4 Å². The molecule has 0 saturated carbocycles. The molecular formula is C22H23N3O4S2. The Hall–Kier alpha value is -2.65. The molecule has 9 heteroatoms. The molecule has 1 aliphatic carbocycles. The first-order chi connectivity index (χ1) is 15.0. The van der Waals surface area contributed by atoms with E-state index in [1.54, 1.807) is 40.2 Å². The van der Waals surface area contributed by atoms with Gasteiger partial charge in [-0.1, -0.05) is 11.8 Å². The summed E-state index contributed by atoms with van der Waals surface area (Å²) in [4.78, 5) is 43.9. The van der Waals surface area contributed by atoms with Crippen LogP contribution in [0.1, 0.15) is 40.6 Å². The second-order valence-electron chi connectivity index (χ2n) is 7.24. The van der Waals surface area contributed by atoms with Gasteiger partial charge in [0.25, 0.3) is 5.56 Å². The summed E-state index contributed by atoms with van der Waals surface area (Å²) in [5.74, 6) is -0.511. The number of aromatic nitrogens is 2. The van der Waals surface area contributed by atoms with E-state index in [0.717, 1.165) is 35.9 Å². The average molecular weight is 458 g/mol. The van der Waals surface area contributed by atoms with E-state index in [2.05, 4.69) is 10.1 Å². The van der Waals surface area contributed by atoms with Crippen LogP contribution in [-0.2, 0) is 28.9 Å². The number of hydrogen-bond donors (Lipinski definition) is 1. The molecule has 2 aromatic heterocycles. The molecule has 1 aromatic carbocycles. The maximum atomic E-state index is 13.1. The molecule has 7 nitrogen and oxygen atoms in total. The second-order valence-corrected chi connectivity index (χ2v) is 9.27. The van der Waals surface area contributed by atoms with Gasteiger partial charge in [-0.3, -0.25) is 14.2 Å². The van der Waals surface area contributed by atoms with E-state index in [4.69, 9.17) is 4.98 Å². The van der Waals surface area contributed by atoms with Gasteiger partial charge in [0.1, 0.15) is 4.83 Å². The third-order valence-corrected chi connectivity index (χ3v) is 7.44. The number of hydrogen-bond acceptors (Lipinski definition) is 7. The van der Waals surface area contributed by atoms with Crippen molar-refractivity contribution >= 4 is 50.9 Å². The quantitative estimate of drug-likeness (QED) is 0.343. The monoisotopic (exact) mass is 457 g/mol. The standard InChI is InChI=1S/C22H23N3O4S2/c1-3-25-20(27)18-15-6-4-5-7-16(15)31-19(18)24-22(25)30-12-17(26)23-14-10-8-13(9-11-14)21(28)29-2/h8-11H,3-7,12H2,1-2H3,(H,23,26). The van der Waals surface area contributed by atoms with Crippen LogP contribution >= 0.6 is 23.1 Å². The van der Waals surface area contributed by atoms with Crippen LogP contribution in [0.2, 0.25) is 0 Å². The fourth-order valence-electron chi connectivity index (χ4n) is 3.74. The van der Waals surface area contributed by atoms with E-state index < -0.39 is 5.97 Å². The first-order valence-electron chi connectivity index (χ1n) is 10.2. The molecule has 0 atom stereocenters. The number of nitrogens with one attached hydrogen (secondary N) is 1. The highest BCUT2D eigenvalue weighted by atomic mass is 32.2. The zero-order valence-corrected chi connectivity index (χ0v) is 19.0. The zero-order valence-electron chi connectivity index (χ0n) is 17.4. The van der Waals surface area contributed by atoms with E-state index in [1.807, 2.05) is 6.92 Å². The molecule has 31 heavy (non-hydrogen) atoms. The normalized spacial score (nSPS) is 13.1. The highest BCUT2D eigenvalue weighted by Gasteiger charge is 2.22. The number of anilines is 1. The Morgan fingerprint density at radius 2 is 1.97 bits per heavy atom. The van der Waals surface area contributed by atoms with E-state index >= 15 is 0 Å². The Balaban J connectivity index is 1.50. The van der Waals surface area contributed by atoms with Crippen molar-refractivity contribution in [2.24, 2.45) is 0 Å². The maximum absolute atomic E-state index is 13.1. The van der Waals surface area contributed by atoms with Gasteiger partial charge in [0.15, 0.2) is 5.16 Å². The molecule has 0 bridgehead atoms. The highest BCUT2D eigenvalue weighted by Crippen LogP contribution is 2.34. The van der Waals surface area contributed by atoms with Crippen LogP contribution in [0.5, 0.6) is 0 Å². The molecule has 0 fully saturated rings. The minimum Gasteiger partial charge on any atom is -0.465 e. The highest BCUT2D eigenvalue weighted by molar-refractivity contribution is 7.99. The average Bonchev–Trinajstić information content (AvgIpc) is 3.16. The van der Waals surface area contributed by atoms with Crippen LogP contribution in [-0.4, -0.2) is 34.3 Å². The van der Waals surface area contributed by atoms with Crippen molar-refractivity contribution in [3.05, 3.63) is 50.6 Å². The van der Waals surface area contributed by atoms with Crippen molar-refractivity contribution in [2.75, 3.05) is 18.2 Å². The van der Waals surface area contributed by atoms with Gasteiger partial charge in [0, 0.05) is 17.1 Å². The molecule has 1 amide bonds. The molecule has 162 valence electrons. The Morgan fingerprint density at radius 3 is 2.68 bits per heavy atom. The third-order valence-electron chi connectivity index (χ3n) is 5.28. The molecule has 0 radical (unpaired) electrons. The molecule has 0 saturated heterocycles. The number of nitrogens with zero attached hydrogens (tertiary/aromatic N) is 2. The van der Waals surface area contributed by atoms with Crippen molar-refractivity contribution in [3.63, 3.8) is 0 Å². The minimum absolute atomic E-state index is 0.00629. The molecule has 3 aromatic rings. The Labute approximate surface area is 187 Å². The van der Waals surface area contributed by atoms with Crippen LogP contribution in [0.3, 0.4) is 0 Å². The van der Waals surface area contributed by atoms with Crippen molar-refractivity contribution in [3.8, 4) is 0 Å². The molecule has 0 aliphatic heterocycles. The summed E-state index contributed by atoms with van der Waals surface area (Å²) >= 11 is 2.87. The van der Waals surface area contributed by atoms with Gasteiger partial charge >= 0.3 is 5.97 Å². The van der Waals surface area contributed by atoms with Gasteiger partial charge in [-0.15, -0.1) is 11.3 Å². The number of benzene rings is 1. The predicted octanol–water partition coefficient (Wildman–Crippen LogP) is 3.87. The fourth-order valence-corrected chi connectivity index (χ4v) is 5.91. The van der Waals surface area contributed by atoms with Crippen LogP contribution in [0.25, 0.3) is 10.2 Å². The number of methoxy groups -OCH3 is 1. The smallest absolute Gasteiger partial charge is 0.337 e. The van der Waals surface area contributed by atoms with Crippen LogP contribution < -0.4 is 10.9 Å². The van der Waals surface area contributed by atoms with Crippen LogP contribution in [0.15, 0.2) is 34.2 Å². The number of thioether (sulfide) groups is 1. The lowest BCUT2D eigenvalue weighted by Crippen LogP contribution is -2.24. The Morgan fingerprint density at radius 1 is 1.23 bits per heavy atom. The molecule has 1 N–H and O–H groups in total. The maximum Gasteiger partial charge on any atom is 0.337 e. The van der Waals surface area contributed by atoms with Crippen molar-refractivity contribution in [2.45, 2.75) is 44.3 Å². The summed E-state index contributed by atoms with van der Waals surface area (Å²) in [5.41, 5.74) is 2.17.